The molecule has 81 heavy (non-hydrogen) atoms. The van der Waals surface area contributed by atoms with Crippen LogP contribution in [0.4, 0.5) is 15.3 Å². The van der Waals surface area contributed by atoms with Gasteiger partial charge in [0.2, 0.25) is 29.5 Å². The number of methoxy groups -OCH3 is 2. The molecule has 0 bridgehead atoms. The van der Waals surface area contributed by atoms with E-state index in [1.165, 1.54) is 26.2 Å². The SMILES string of the molecule is CC[C@H](C)[C@@H](C(CC(=O)N1CCCC1[C@H](OC)[C@@H](C)C(=O)N[C@H](C)[C@@H](O)c1ccccc1)OC)N(C)C(=O)[C@@H](NC(=O)[C@H](C(C)C)N(C)C(=O)OCc1ccc(NC(=O)O[C@H]2/C=C/CC[C@@](C)(C(=O)NCC(=O)O)CC2)cc1)C(C)C. The number of carbonyl (C=O) groups is 8. The Bertz CT molecular complexity index is 2440. The standard InChI is InChI=1S/C60H91N7O14/c1-14-38(6)51(46(78-12)33-47(68)67-32-20-24-45(67)53(79-13)39(7)54(72)62-40(8)52(71)42-21-16-15-17-22-42)65(10)56(74)49(36(2)3)64-55(73)50(37(4)5)66(11)59(77)80-35-41-25-27-43(28-26-41)63-58(76)81-44-23-18-19-30-60(9,31-29-44)57(75)61-34-48(69)70/h15-18,21-23,25-28,36-40,44-46,49-53,71H,14,19-20,24,29-35H2,1-13H3,(H,61,75)(H,62,72)(H,63,76)(H,64,73)(H,69,70)/b23-18+/t38-,39+,40+,44-,45?,46?,49-,50-,51-,52+,53+,60+/m0/s1. The maximum absolute atomic E-state index is 14.7. The number of carboxylic acid groups (broad SMARTS) is 1. The number of hydrogen-bond donors (Lipinski definition) is 6. The summed E-state index contributed by atoms with van der Waals surface area (Å²) in [5.41, 5.74) is 0.841. The Morgan fingerprint density at radius 2 is 1.49 bits per heavy atom. The summed E-state index contributed by atoms with van der Waals surface area (Å²) in [5, 5.41) is 30.9. The van der Waals surface area contributed by atoms with Gasteiger partial charge in [0.15, 0.2) is 0 Å². The Morgan fingerprint density at radius 3 is 2.09 bits per heavy atom. The van der Waals surface area contributed by atoms with Crippen molar-refractivity contribution < 1.29 is 67.5 Å². The van der Waals surface area contributed by atoms with Crippen molar-refractivity contribution in [3.8, 4) is 0 Å². The first-order chi connectivity index (χ1) is 38.3. The number of rotatable bonds is 27. The van der Waals surface area contributed by atoms with Crippen molar-refractivity contribution in [1.82, 2.24) is 30.7 Å². The third kappa shape index (κ3) is 18.7. The number of carboxylic acids is 1. The number of aliphatic hydroxyl groups is 1. The molecule has 12 atom stereocenters. The van der Waals surface area contributed by atoms with Gasteiger partial charge in [-0.05, 0) is 92.5 Å². The predicted octanol–water partition coefficient (Wildman–Crippen LogP) is 6.83. The Morgan fingerprint density at radius 1 is 0.827 bits per heavy atom. The fourth-order valence-corrected chi connectivity index (χ4v) is 10.9. The van der Waals surface area contributed by atoms with Gasteiger partial charge in [0, 0.05) is 46.0 Å². The first kappa shape index (κ1) is 66.9. The number of benzene rings is 2. The third-order valence-electron chi connectivity index (χ3n) is 16.0. The quantitative estimate of drug-likeness (QED) is 0.0501. The minimum atomic E-state index is -1.14. The van der Waals surface area contributed by atoms with Crippen LogP contribution < -0.4 is 21.3 Å². The Balaban J connectivity index is 1.36. The molecule has 2 unspecified atom stereocenters. The van der Waals surface area contributed by atoms with Gasteiger partial charge in [-0.2, -0.15) is 0 Å². The summed E-state index contributed by atoms with van der Waals surface area (Å²) < 4.78 is 23.3. The Labute approximate surface area is 478 Å². The molecule has 0 saturated carbocycles. The molecule has 2 aromatic rings. The zero-order valence-corrected chi connectivity index (χ0v) is 49.8. The second-order valence-electron chi connectivity index (χ2n) is 22.7. The molecule has 0 spiro atoms. The smallest absolute Gasteiger partial charge is 0.412 e. The molecule has 7 amide bonds. The summed E-state index contributed by atoms with van der Waals surface area (Å²) in [6.45, 7) is 16.2. The summed E-state index contributed by atoms with van der Waals surface area (Å²) >= 11 is 0. The molecule has 0 radical (unpaired) electrons. The lowest BCUT2D eigenvalue weighted by atomic mass is 9.78. The lowest BCUT2D eigenvalue weighted by Crippen LogP contribution is -2.60. The van der Waals surface area contributed by atoms with E-state index in [1.54, 1.807) is 93.9 Å². The first-order valence-corrected chi connectivity index (χ1v) is 28.4. The fraction of sp³-hybridized carbons (Fsp3) is 0.633. The Kier molecular flexibility index (Phi) is 26.1. The topological polar surface area (TPSA) is 272 Å². The Hall–Kier alpha value is -6.58. The van der Waals surface area contributed by atoms with E-state index < -0.39 is 114 Å². The summed E-state index contributed by atoms with van der Waals surface area (Å²) in [6.07, 6.45) is 2.80. The lowest BCUT2D eigenvalue weighted by Gasteiger charge is -2.41. The molecule has 1 heterocycles. The average molecular weight is 1130 g/mol. The maximum atomic E-state index is 14.7. The molecule has 4 rings (SSSR count). The number of amides is 7. The molecule has 0 aromatic heterocycles. The van der Waals surface area contributed by atoms with Crippen LogP contribution in [-0.2, 0) is 54.3 Å². The minimum Gasteiger partial charge on any atom is -0.480 e. The van der Waals surface area contributed by atoms with Crippen LogP contribution >= 0.6 is 0 Å². The van der Waals surface area contributed by atoms with Crippen molar-refractivity contribution >= 4 is 53.4 Å². The van der Waals surface area contributed by atoms with Gasteiger partial charge >= 0.3 is 18.2 Å². The molecule has 1 fully saturated rings. The van der Waals surface area contributed by atoms with Crippen LogP contribution in [0.5, 0.6) is 0 Å². The monoisotopic (exact) mass is 1130 g/mol. The second-order valence-corrected chi connectivity index (χ2v) is 22.7. The van der Waals surface area contributed by atoms with Gasteiger partial charge < -0.3 is 54.9 Å². The number of nitrogens with zero attached hydrogens (tertiary/aromatic N) is 3. The van der Waals surface area contributed by atoms with Gasteiger partial charge in [0.25, 0.3) is 0 Å². The molecule has 1 aliphatic carbocycles. The zero-order chi connectivity index (χ0) is 60.3. The fourth-order valence-electron chi connectivity index (χ4n) is 10.9. The number of aliphatic carboxylic acids is 1. The van der Waals surface area contributed by atoms with E-state index in [9.17, 15) is 43.5 Å². The molecule has 450 valence electrons. The molecule has 21 heteroatoms. The third-order valence-corrected chi connectivity index (χ3v) is 16.0. The van der Waals surface area contributed by atoms with Gasteiger partial charge in [-0.25, -0.2) is 9.59 Å². The number of likely N-dealkylation sites (tertiary alicyclic amines) is 1. The van der Waals surface area contributed by atoms with Crippen LogP contribution in [0.3, 0.4) is 0 Å². The van der Waals surface area contributed by atoms with Crippen molar-refractivity contribution in [2.24, 2.45) is 29.1 Å². The summed E-state index contributed by atoms with van der Waals surface area (Å²) in [4.78, 5) is 112. The molecular formula is C60H91N7O14. The number of nitrogens with one attached hydrogen (secondary N) is 4. The van der Waals surface area contributed by atoms with Crippen LogP contribution in [0.2, 0.25) is 0 Å². The number of aliphatic hydroxyl groups excluding tert-OH is 1. The van der Waals surface area contributed by atoms with Gasteiger partial charge in [-0.15, -0.1) is 0 Å². The maximum Gasteiger partial charge on any atom is 0.412 e. The van der Waals surface area contributed by atoms with Crippen LogP contribution in [0.15, 0.2) is 66.7 Å². The number of ether oxygens (including phenoxy) is 4. The van der Waals surface area contributed by atoms with Gasteiger partial charge in [-0.3, -0.25) is 39.0 Å². The highest BCUT2D eigenvalue weighted by atomic mass is 16.6. The van der Waals surface area contributed by atoms with Crippen molar-refractivity contribution in [3.05, 3.63) is 77.9 Å². The summed E-state index contributed by atoms with van der Waals surface area (Å²) in [6, 6.07) is 11.9. The van der Waals surface area contributed by atoms with Gasteiger partial charge in [0.1, 0.15) is 31.3 Å². The van der Waals surface area contributed by atoms with Crippen LogP contribution in [-0.4, -0.2) is 163 Å². The van der Waals surface area contributed by atoms with Crippen molar-refractivity contribution in [2.45, 2.75) is 175 Å². The van der Waals surface area contributed by atoms with Crippen LogP contribution in [0, 0.1) is 29.1 Å². The predicted molar refractivity (Wildman–Crippen MR) is 305 cm³/mol. The van der Waals surface area contributed by atoms with Crippen molar-refractivity contribution in [2.75, 3.05) is 46.7 Å². The van der Waals surface area contributed by atoms with Crippen LogP contribution in [0.1, 0.15) is 131 Å². The van der Waals surface area contributed by atoms with Gasteiger partial charge in [-0.1, -0.05) is 110 Å². The second kappa shape index (κ2) is 31.6. The highest BCUT2D eigenvalue weighted by Gasteiger charge is 2.44. The molecule has 21 nitrogen and oxygen atoms in total. The summed E-state index contributed by atoms with van der Waals surface area (Å²) in [5.74, 6) is -4.62. The molecule has 1 aliphatic heterocycles. The molecule has 2 aliphatic rings. The molecule has 2 aromatic carbocycles. The zero-order valence-electron chi connectivity index (χ0n) is 49.8. The average Bonchev–Trinajstić information content (AvgIpc) is 3.93. The summed E-state index contributed by atoms with van der Waals surface area (Å²) in [7, 11) is 6.13. The number of likely N-dealkylation sites (N-methyl/N-ethyl adjacent to an activating group) is 2. The van der Waals surface area contributed by atoms with E-state index in [0.29, 0.717) is 68.3 Å². The van der Waals surface area contributed by atoms with Crippen molar-refractivity contribution in [3.63, 3.8) is 0 Å². The van der Waals surface area contributed by atoms with E-state index in [1.807, 2.05) is 52.0 Å². The normalized spacial score (nSPS) is 21.0. The van der Waals surface area contributed by atoms with E-state index >= 15 is 0 Å². The van der Waals surface area contributed by atoms with E-state index in [-0.39, 0.29) is 36.7 Å². The largest absolute Gasteiger partial charge is 0.480 e. The lowest BCUT2D eigenvalue weighted by molar-refractivity contribution is -0.148. The minimum absolute atomic E-state index is 0.0719. The number of anilines is 1. The molecule has 1 saturated heterocycles. The van der Waals surface area contributed by atoms with Gasteiger partial charge in [0.05, 0.1) is 48.8 Å². The highest BCUT2D eigenvalue weighted by molar-refractivity contribution is 5.92. The molecule has 6 N–H and O–H groups in total. The number of allylic oxidation sites excluding steroid dienone is 1. The van der Waals surface area contributed by atoms with Crippen LogP contribution in [0.25, 0.3) is 0 Å². The first-order valence-electron chi connectivity index (χ1n) is 28.4. The van der Waals surface area contributed by atoms with E-state index in [4.69, 9.17) is 24.1 Å². The highest BCUT2D eigenvalue weighted by Crippen LogP contribution is 2.34. The van der Waals surface area contributed by atoms with Crippen molar-refractivity contribution in [1.29, 1.82) is 0 Å². The molecular weight excluding hydrogens is 1040 g/mol. The number of carbonyl (C=O) groups excluding carboxylic acids is 7. The number of hydrogen-bond acceptors (Lipinski definition) is 13. The van der Waals surface area contributed by atoms with E-state index in [0.717, 1.165) is 0 Å². The van der Waals surface area contributed by atoms with E-state index in [2.05, 4.69) is 21.3 Å².